The van der Waals surface area contributed by atoms with Crippen molar-refractivity contribution < 1.29 is 24.4 Å². The first-order valence-electron chi connectivity index (χ1n) is 8.14. The van der Waals surface area contributed by atoms with Crippen LogP contribution in [0.2, 0.25) is 5.02 Å². The number of nitrogens with zero attached hydrogens (tertiary/aromatic N) is 2. The first-order valence-corrected chi connectivity index (χ1v) is 8.52. The molecule has 0 fully saturated rings. The maximum absolute atomic E-state index is 12.3. The summed E-state index contributed by atoms with van der Waals surface area (Å²) in [7, 11) is 0. The summed E-state index contributed by atoms with van der Waals surface area (Å²) >= 11 is 5.93. The van der Waals surface area contributed by atoms with Crippen molar-refractivity contribution in [2.75, 3.05) is 11.9 Å². The van der Waals surface area contributed by atoms with Crippen LogP contribution in [-0.4, -0.2) is 28.5 Å². The second-order valence-electron chi connectivity index (χ2n) is 5.51. The van der Waals surface area contributed by atoms with Gasteiger partial charge in [-0.2, -0.15) is 5.26 Å². The minimum Gasteiger partial charge on any atom is -0.501 e. The SMILES string of the molecule is CCOC(=O)/C(O)=C(\C#N)c1ccc(NC(=O)c2ccc([N+](=O)[O-])cc2Cl)cc1. The van der Waals surface area contributed by atoms with Crippen LogP contribution in [0.4, 0.5) is 11.4 Å². The highest BCUT2D eigenvalue weighted by molar-refractivity contribution is 6.34. The molecule has 1 amide bonds. The van der Waals surface area contributed by atoms with Gasteiger partial charge in [0.1, 0.15) is 11.6 Å². The molecule has 0 radical (unpaired) electrons. The van der Waals surface area contributed by atoms with Gasteiger partial charge < -0.3 is 15.2 Å². The molecule has 2 rings (SSSR count). The molecule has 0 heterocycles. The molecule has 0 spiro atoms. The van der Waals surface area contributed by atoms with E-state index in [4.69, 9.17) is 11.6 Å². The quantitative estimate of drug-likeness (QED) is 0.182. The van der Waals surface area contributed by atoms with Crippen LogP contribution in [0, 0.1) is 21.4 Å². The van der Waals surface area contributed by atoms with Crippen molar-refractivity contribution in [2.45, 2.75) is 6.92 Å². The number of amides is 1. The number of allylic oxidation sites excluding steroid dienone is 1. The number of nitro groups is 1. The molecule has 0 aliphatic rings. The van der Waals surface area contributed by atoms with Crippen molar-refractivity contribution >= 4 is 40.4 Å². The number of aliphatic hydroxyl groups is 1. The normalized spacial score (nSPS) is 11.1. The number of ether oxygens (including phenoxy) is 1. The fourth-order valence-electron chi connectivity index (χ4n) is 2.28. The minimum atomic E-state index is -1.02. The average Bonchev–Trinajstić information content (AvgIpc) is 2.69. The summed E-state index contributed by atoms with van der Waals surface area (Å²) in [5.74, 6) is -2.43. The molecule has 0 saturated heterocycles. The third kappa shape index (κ3) is 5.09. The predicted molar refractivity (Wildman–Crippen MR) is 104 cm³/mol. The van der Waals surface area contributed by atoms with Gasteiger partial charge in [0.05, 0.1) is 22.1 Å². The van der Waals surface area contributed by atoms with Crippen LogP contribution >= 0.6 is 11.6 Å². The second kappa shape index (κ2) is 9.34. The van der Waals surface area contributed by atoms with Gasteiger partial charge in [-0.3, -0.25) is 14.9 Å². The molecule has 0 aliphatic heterocycles. The van der Waals surface area contributed by atoms with Crippen LogP contribution in [0.15, 0.2) is 48.2 Å². The van der Waals surface area contributed by atoms with Crippen molar-refractivity contribution in [2.24, 2.45) is 0 Å². The number of non-ortho nitro benzene ring substituents is 1. The Morgan fingerprint density at radius 2 is 1.93 bits per heavy atom. The number of hydrogen-bond donors (Lipinski definition) is 2. The predicted octanol–water partition coefficient (Wildman–Crippen LogP) is 3.86. The van der Waals surface area contributed by atoms with E-state index in [1.54, 1.807) is 13.0 Å². The van der Waals surface area contributed by atoms with Crippen molar-refractivity contribution in [3.05, 3.63) is 74.5 Å². The molecule has 0 aromatic heterocycles. The van der Waals surface area contributed by atoms with Crippen molar-refractivity contribution in [3.63, 3.8) is 0 Å². The molecule has 2 aromatic rings. The fraction of sp³-hybridized carbons (Fsp3) is 0.105. The van der Waals surface area contributed by atoms with Crippen LogP contribution in [0.25, 0.3) is 5.57 Å². The number of carbonyl (C=O) groups is 2. The average molecular weight is 416 g/mol. The van der Waals surface area contributed by atoms with E-state index in [0.29, 0.717) is 5.69 Å². The van der Waals surface area contributed by atoms with Gasteiger partial charge in [-0.05, 0) is 30.7 Å². The molecule has 9 nitrogen and oxygen atoms in total. The van der Waals surface area contributed by atoms with Gasteiger partial charge in [-0.1, -0.05) is 23.7 Å². The van der Waals surface area contributed by atoms with Gasteiger partial charge in [0, 0.05) is 17.8 Å². The first-order chi connectivity index (χ1) is 13.8. The maximum Gasteiger partial charge on any atom is 0.374 e. The van der Waals surface area contributed by atoms with E-state index in [9.17, 15) is 30.1 Å². The lowest BCUT2D eigenvalue weighted by atomic mass is 10.1. The van der Waals surface area contributed by atoms with Crippen LogP contribution in [-0.2, 0) is 9.53 Å². The number of hydrogen-bond acceptors (Lipinski definition) is 7. The number of esters is 1. The number of halogens is 1. The Morgan fingerprint density at radius 1 is 1.28 bits per heavy atom. The zero-order valence-corrected chi connectivity index (χ0v) is 15.8. The Hall–Kier alpha value is -3.90. The van der Waals surface area contributed by atoms with E-state index in [0.717, 1.165) is 12.1 Å². The zero-order chi connectivity index (χ0) is 21.6. The maximum atomic E-state index is 12.3. The lowest BCUT2D eigenvalue weighted by molar-refractivity contribution is -0.384. The number of nitrogens with one attached hydrogen (secondary N) is 1. The monoisotopic (exact) mass is 415 g/mol. The van der Waals surface area contributed by atoms with E-state index in [1.165, 1.54) is 30.3 Å². The summed E-state index contributed by atoms with van der Waals surface area (Å²) in [5, 5.41) is 32.3. The van der Waals surface area contributed by atoms with Gasteiger partial charge in [0.2, 0.25) is 5.76 Å². The molecule has 0 saturated carbocycles. The van der Waals surface area contributed by atoms with Crippen molar-refractivity contribution in [1.29, 1.82) is 5.26 Å². The Balaban J connectivity index is 2.22. The van der Waals surface area contributed by atoms with Gasteiger partial charge in [-0.15, -0.1) is 0 Å². The lowest BCUT2D eigenvalue weighted by Crippen LogP contribution is -2.12. The molecule has 0 aliphatic carbocycles. The van der Waals surface area contributed by atoms with Crippen LogP contribution in [0.1, 0.15) is 22.8 Å². The smallest absolute Gasteiger partial charge is 0.374 e. The van der Waals surface area contributed by atoms with E-state index in [-0.39, 0.29) is 34.0 Å². The van der Waals surface area contributed by atoms with Crippen LogP contribution < -0.4 is 5.32 Å². The topological polar surface area (TPSA) is 143 Å². The molecule has 0 unspecified atom stereocenters. The summed E-state index contributed by atoms with van der Waals surface area (Å²) in [6.45, 7) is 1.60. The Kier molecular flexibility index (Phi) is 6.89. The first kappa shape index (κ1) is 21.4. The van der Waals surface area contributed by atoms with Crippen molar-refractivity contribution in [3.8, 4) is 6.07 Å². The lowest BCUT2D eigenvalue weighted by Gasteiger charge is -2.08. The summed E-state index contributed by atoms with van der Waals surface area (Å²) < 4.78 is 4.66. The molecule has 148 valence electrons. The molecule has 0 atom stereocenters. The number of nitro benzene ring substituents is 1. The highest BCUT2D eigenvalue weighted by Crippen LogP contribution is 2.24. The molecule has 0 bridgehead atoms. The Morgan fingerprint density at radius 3 is 2.45 bits per heavy atom. The fourth-order valence-corrected chi connectivity index (χ4v) is 2.54. The molecule has 10 heteroatoms. The molecular formula is C19H14ClN3O6. The number of aliphatic hydroxyl groups excluding tert-OH is 1. The van der Waals surface area contributed by atoms with E-state index in [1.807, 2.05) is 0 Å². The Bertz CT molecular complexity index is 1040. The Labute approximate surface area is 169 Å². The van der Waals surface area contributed by atoms with Gasteiger partial charge in [0.25, 0.3) is 11.6 Å². The van der Waals surface area contributed by atoms with Crippen molar-refractivity contribution in [1.82, 2.24) is 0 Å². The summed E-state index contributed by atoms with van der Waals surface area (Å²) in [6.07, 6.45) is 0. The minimum absolute atomic E-state index is 0.0395. The number of nitriles is 1. The largest absolute Gasteiger partial charge is 0.501 e. The summed E-state index contributed by atoms with van der Waals surface area (Å²) in [5.41, 5.74) is 0.0947. The van der Waals surface area contributed by atoms with E-state index < -0.39 is 22.6 Å². The molecule has 29 heavy (non-hydrogen) atoms. The van der Waals surface area contributed by atoms with Crippen LogP contribution in [0.5, 0.6) is 0 Å². The molecule has 2 aromatic carbocycles. The van der Waals surface area contributed by atoms with Gasteiger partial charge in [0.15, 0.2) is 0 Å². The highest BCUT2D eigenvalue weighted by atomic mass is 35.5. The number of benzene rings is 2. The summed E-state index contributed by atoms with van der Waals surface area (Å²) in [6, 6.07) is 10.9. The van der Waals surface area contributed by atoms with E-state index in [2.05, 4.69) is 10.1 Å². The third-order valence-electron chi connectivity index (χ3n) is 3.66. The van der Waals surface area contributed by atoms with E-state index >= 15 is 0 Å². The standard InChI is InChI=1S/C19H14ClN3O6/c1-2-29-19(26)17(24)15(10-21)11-3-5-12(6-4-11)22-18(25)14-8-7-13(23(27)28)9-16(14)20/h3-9,24H,2H2,1H3,(H,22,25)/b17-15-. The highest BCUT2D eigenvalue weighted by Gasteiger charge is 2.18. The van der Waals surface area contributed by atoms with Crippen LogP contribution in [0.3, 0.4) is 0 Å². The summed E-state index contributed by atoms with van der Waals surface area (Å²) in [4.78, 5) is 34.0. The third-order valence-corrected chi connectivity index (χ3v) is 3.97. The molecular weight excluding hydrogens is 402 g/mol. The zero-order valence-electron chi connectivity index (χ0n) is 15.0. The van der Waals surface area contributed by atoms with Gasteiger partial charge >= 0.3 is 5.97 Å². The number of carbonyl (C=O) groups excluding carboxylic acids is 2. The number of rotatable bonds is 6. The number of anilines is 1. The van der Waals surface area contributed by atoms with Gasteiger partial charge in [-0.25, -0.2) is 4.79 Å². The molecule has 2 N–H and O–H groups in total. The second-order valence-corrected chi connectivity index (χ2v) is 5.92.